The van der Waals surface area contributed by atoms with E-state index in [9.17, 15) is 0 Å². The molecule has 0 saturated carbocycles. The Morgan fingerprint density at radius 2 is 1.80 bits per heavy atom. The number of hydrogen-bond donors (Lipinski definition) is 0. The van der Waals surface area contributed by atoms with Crippen molar-refractivity contribution in [1.29, 1.82) is 0 Å². The summed E-state index contributed by atoms with van der Waals surface area (Å²) in [4.78, 5) is 2.46. The lowest BCUT2D eigenvalue weighted by molar-refractivity contribution is 0.198. The van der Waals surface area contributed by atoms with Crippen LogP contribution in [0.25, 0.3) is 0 Å². The van der Waals surface area contributed by atoms with Crippen LogP contribution in [0.3, 0.4) is 0 Å². The van der Waals surface area contributed by atoms with Crippen molar-refractivity contribution in [3.8, 4) is 5.75 Å². The Balaban J connectivity index is 1.53. The molecule has 1 heterocycles. The van der Waals surface area contributed by atoms with Crippen LogP contribution in [0, 0.1) is 0 Å². The van der Waals surface area contributed by atoms with Crippen LogP contribution in [0.2, 0.25) is 0 Å². The fourth-order valence-electron chi connectivity index (χ4n) is 2.58. The van der Waals surface area contributed by atoms with E-state index in [1.165, 1.54) is 5.56 Å². The van der Waals surface area contributed by atoms with Crippen molar-refractivity contribution in [3.05, 3.63) is 64.6 Å². The molecule has 1 atom stereocenters. The molecule has 0 amide bonds. The van der Waals surface area contributed by atoms with E-state index < -0.39 is 0 Å². The maximum Gasteiger partial charge on any atom is 0.119 e. The van der Waals surface area contributed by atoms with E-state index in [1.54, 1.807) is 0 Å². The second kappa shape index (κ2) is 6.42. The van der Waals surface area contributed by atoms with Crippen LogP contribution in [-0.2, 0) is 6.54 Å². The summed E-state index contributed by atoms with van der Waals surface area (Å²) in [6, 6.07) is 18.7. The molecule has 0 radical (unpaired) electrons. The molecule has 0 N–H and O–H groups in total. The molecule has 2 aromatic rings. The zero-order valence-corrected chi connectivity index (χ0v) is 12.9. The molecule has 3 rings (SSSR count). The standard InChI is InChI=1S/C17H18BrNO/c18-15-6-8-16(9-7-15)20-17-10-11-19(13-17)12-14-4-2-1-3-5-14/h1-9,17H,10-13H2. The summed E-state index contributed by atoms with van der Waals surface area (Å²) >= 11 is 3.44. The highest BCUT2D eigenvalue weighted by molar-refractivity contribution is 9.10. The minimum atomic E-state index is 0.305. The van der Waals surface area contributed by atoms with Gasteiger partial charge in [-0.15, -0.1) is 0 Å². The molecule has 104 valence electrons. The number of rotatable bonds is 4. The Hall–Kier alpha value is -1.32. The minimum Gasteiger partial charge on any atom is -0.489 e. The smallest absolute Gasteiger partial charge is 0.119 e. The van der Waals surface area contributed by atoms with Gasteiger partial charge in [0.15, 0.2) is 0 Å². The van der Waals surface area contributed by atoms with E-state index in [2.05, 4.69) is 51.2 Å². The molecule has 0 aliphatic carbocycles. The fraction of sp³-hybridized carbons (Fsp3) is 0.294. The first-order chi connectivity index (χ1) is 9.79. The summed E-state index contributed by atoms with van der Waals surface area (Å²) in [5.74, 6) is 0.958. The van der Waals surface area contributed by atoms with Gasteiger partial charge in [0.05, 0.1) is 0 Å². The topological polar surface area (TPSA) is 12.5 Å². The molecular weight excluding hydrogens is 314 g/mol. The average Bonchev–Trinajstić information content (AvgIpc) is 2.90. The number of likely N-dealkylation sites (tertiary alicyclic amines) is 1. The lowest BCUT2D eigenvalue weighted by atomic mass is 10.2. The molecule has 2 aromatic carbocycles. The molecule has 1 unspecified atom stereocenters. The predicted octanol–water partition coefficient (Wildman–Crippen LogP) is 4.10. The second-order valence-electron chi connectivity index (χ2n) is 5.20. The van der Waals surface area contributed by atoms with Gasteiger partial charge in [-0.1, -0.05) is 46.3 Å². The van der Waals surface area contributed by atoms with Gasteiger partial charge in [-0.2, -0.15) is 0 Å². The van der Waals surface area contributed by atoms with Gasteiger partial charge < -0.3 is 4.74 Å². The van der Waals surface area contributed by atoms with Crippen LogP contribution in [0.5, 0.6) is 5.75 Å². The Labute approximate surface area is 128 Å². The van der Waals surface area contributed by atoms with Gasteiger partial charge in [0, 0.05) is 24.1 Å². The van der Waals surface area contributed by atoms with E-state index in [0.29, 0.717) is 6.10 Å². The first-order valence-electron chi connectivity index (χ1n) is 6.98. The van der Waals surface area contributed by atoms with Gasteiger partial charge in [-0.05, 0) is 36.2 Å². The number of benzene rings is 2. The van der Waals surface area contributed by atoms with Gasteiger partial charge in [0.2, 0.25) is 0 Å². The molecular formula is C17H18BrNO. The van der Waals surface area contributed by atoms with E-state index in [1.807, 2.05) is 24.3 Å². The van der Waals surface area contributed by atoms with E-state index in [0.717, 1.165) is 36.3 Å². The molecule has 0 aromatic heterocycles. The number of ether oxygens (including phenoxy) is 1. The summed E-state index contributed by atoms with van der Waals surface area (Å²) in [7, 11) is 0. The molecule has 0 spiro atoms. The van der Waals surface area contributed by atoms with Gasteiger partial charge in [0.25, 0.3) is 0 Å². The molecule has 1 saturated heterocycles. The first-order valence-corrected chi connectivity index (χ1v) is 7.77. The van der Waals surface area contributed by atoms with Crippen LogP contribution < -0.4 is 4.74 Å². The second-order valence-corrected chi connectivity index (χ2v) is 6.12. The SMILES string of the molecule is Brc1ccc(OC2CCN(Cc3ccccc3)C2)cc1. The maximum atomic E-state index is 6.04. The quantitative estimate of drug-likeness (QED) is 0.836. The largest absolute Gasteiger partial charge is 0.489 e. The zero-order valence-electron chi connectivity index (χ0n) is 11.3. The van der Waals surface area contributed by atoms with Crippen molar-refractivity contribution < 1.29 is 4.74 Å². The van der Waals surface area contributed by atoms with Crippen molar-refractivity contribution in [1.82, 2.24) is 4.90 Å². The van der Waals surface area contributed by atoms with Gasteiger partial charge in [0.1, 0.15) is 11.9 Å². The summed E-state index contributed by atoms with van der Waals surface area (Å²) in [5, 5.41) is 0. The monoisotopic (exact) mass is 331 g/mol. The molecule has 1 aliphatic heterocycles. The van der Waals surface area contributed by atoms with Crippen LogP contribution in [0.1, 0.15) is 12.0 Å². The third-order valence-electron chi connectivity index (χ3n) is 3.59. The molecule has 1 fully saturated rings. The highest BCUT2D eigenvalue weighted by atomic mass is 79.9. The molecule has 2 nitrogen and oxygen atoms in total. The van der Waals surface area contributed by atoms with Crippen LogP contribution >= 0.6 is 15.9 Å². The summed E-state index contributed by atoms with van der Waals surface area (Å²) < 4.78 is 7.12. The summed E-state index contributed by atoms with van der Waals surface area (Å²) in [6.45, 7) is 3.13. The highest BCUT2D eigenvalue weighted by Gasteiger charge is 2.23. The van der Waals surface area contributed by atoms with E-state index in [-0.39, 0.29) is 0 Å². The van der Waals surface area contributed by atoms with Gasteiger partial charge in [-0.25, -0.2) is 0 Å². The minimum absolute atomic E-state index is 0.305. The number of halogens is 1. The van der Waals surface area contributed by atoms with Crippen LogP contribution in [0.4, 0.5) is 0 Å². The van der Waals surface area contributed by atoms with Crippen molar-refractivity contribution in [2.45, 2.75) is 19.1 Å². The fourth-order valence-corrected chi connectivity index (χ4v) is 2.85. The highest BCUT2D eigenvalue weighted by Crippen LogP contribution is 2.21. The van der Waals surface area contributed by atoms with Crippen LogP contribution in [-0.4, -0.2) is 24.1 Å². The Bertz CT molecular complexity index is 541. The third-order valence-corrected chi connectivity index (χ3v) is 4.12. The van der Waals surface area contributed by atoms with Gasteiger partial charge in [-0.3, -0.25) is 4.90 Å². The first kappa shape index (κ1) is 13.7. The number of hydrogen-bond acceptors (Lipinski definition) is 2. The van der Waals surface area contributed by atoms with Crippen molar-refractivity contribution in [3.63, 3.8) is 0 Å². The van der Waals surface area contributed by atoms with Gasteiger partial charge >= 0.3 is 0 Å². The van der Waals surface area contributed by atoms with Crippen molar-refractivity contribution in [2.24, 2.45) is 0 Å². The van der Waals surface area contributed by atoms with Crippen LogP contribution in [0.15, 0.2) is 59.1 Å². The lowest BCUT2D eigenvalue weighted by Gasteiger charge is -2.17. The number of nitrogens with zero attached hydrogens (tertiary/aromatic N) is 1. The molecule has 3 heteroatoms. The Morgan fingerprint density at radius 1 is 1.05 bits per heavy atom. The normalized spacial score (nSPS) is 19.1. The molecule has 0 bridgehead atoms. The average molecular weight is 332 g/mol. The maximum absolute atomic E-state index is 6.04. The molecule has 1 aliphatic rings. The van der Waals surface area contributed by atoms with E-state index >= 15 is 0 Å². The predicted molar refractivity (Wildman–Crippen MR) is 84.9 cm³/mol. The summed E-state index contributed by atoms with van der Waals surface area (Å²) in [5.41, 5.74) is 1.37. The third kappa shape index (κ3) is 3.62. The summed E-state index contributed by atoms with van der Waals surface area (Å²) in [6.07, 6.45) is 1.41. The zero-order chi connectivity index (χ0) is 13.8. The van der Waals surface area contributed by atoms with Crippen molar-refractivity contribution >= 4 is 15.9 Å². The molecule has 20 heavy (non-hydrogen) atoms. The van der Waals surface area contributed by atoms with Crippen molar-refractivity contribution in [2.75, 3.05) is 13.1 Å². The lowest BCUT2D eigenvalue weighted by Crippen LogP contribution is -2.24. The van der Waals surface area contributed by atoms with E-state index in [4.69, 9.17) is 4.74 Å². The Morgan fingerprint density at radius 3 is 2.55 bits per heavy atom. The Kier molecular flexibility index (Phi) is 4.38.